The number of ether oxygens (including phenoxy) is 1. The van der Waals surface area contributed by atoms with Gasteiger partial charge in [0, 0.05) is 19.0 Å². The van der Waals surface area contributed by atoms with Crippen LogP contribution < -0.4 is 10.1 Å². The minimum absolute atomic E-state index is 0.0126. The summed E-state index contributed by atoms with van der Waals surface area (Å²) in [6.45, 7) is 5.99. The molecule has 3 aromatic rings. The van der Waals surface area contributed by atoms with E-state index < -0.39 is 6.04 Å². The molecule has 0 heterocycles. The molecule has 0 aliphatic carbocycles. The van der Waals surface area contributed by atoms with Gasteiger partial charge in [0.05, 0.1) is 7.11 Å². The van der Waals surface area contributed by atoms with Crippen molar-refractivity contribution in [2.24, 2.45) is 0 Å². The SMILES string of the molecule is COc1ccc(CN(C(=O)CCc2cccc3ccccc23)[C@H](C)C(=O)NC(C)C)cc1. The summed E-state index contributed by atoms with van der Waals surface area (Å²) < 4.78 is 5.23. The Hall–Kier alpha value is -3.34. The van der Waals surface area contributed by atoms with E-state index >= 15 is 0 Å². The second-order valence-corrected chi connectivity index (χ2v) is 8.35. The Morgan fingerprint density at radius 3 is 2.31 bits per heavy atom. The van der Waals surface area contributed by atoms with Crippen LogP contribution in [0.5, 0.6) is 5.75 Å². The average molecular weight is 433 g/mol. The molecule has 168 valence electrons. The molecule has 3 aromatic carbocycles. The molecule has 5 heteroatoms. The Balaban J connectivity index is 1.78. The highest BCUT2D eigenvalue weighted by Crippen LogP contribution is 2.21. The van der Waals surface area contributed by atoms with Gasteiger partial charge < -0.3 is 15.0 Å². The monoisotopic (exact) mass is 432 g/mol. The van der Waals surface area contributed by atoms with Crippen LogP contribution in [0.3, 0.4) is 0 Å². The molecule has 0 aliphatic rings. The van der Waals surface area contributed by atoms with Crippen molar-refractivity contribution in [1.82, 2.24) is 10.2 Å². The van der Waals surface area contributed by atoms with Crippen LogP contribution in [-0.2, 0) is 22.6 Å². The quantitative estimate of drug-likeness (QED) is 0.532. The number of hydrogen-bond donors (Lipinski definition) is 1. The first-order chi connectivity index (χ1) is 15.4. The van der Waals surface area contributed by atoms with E-state index in [0.29, 0.717) is 19.4 Å². The van der Waals surface area contributed by atoms with Crippen LogP contribution in [0.2, 0.25) is 0 Å². The lowest BCUT2D eigenvalue weighted by Crippen LogP contribution is -2.49. The number of rotatable bonds is 9. The number of aryl methyl sites for hydroxylation is 1. The third kappa shape index (κ3) is 5.88. The van der Waals surface area contributed by atoms with E-state index in [1.165, 1.54) is 0 Å². The van der Waals surface area contributed by atoms with Crippen molar-refractivity contribution in [1.29, 1.82) is 0 Å². The summed E-state index contributed by atoms with van der Waals surface area (Å²) in [7, 11) is 1.62. The van der Waals surface area contributed by atoms with Crippen molar-refractivity contribution in [3.63, 3.8) is 0 Å². The summed E-state index contributed by atoms with van der Waals surface area (Å²) in [4.78, 5) is 27.7. The molecule has 1 atom stereocenters. The minimum atomic E-state index is -0.570. The molecular formula is C27H32N2O3. The maximum absolute atomic E-state index is 13.3. The zero-order chi connectivity index (χ0) is 23.1. The molecule has 2 amide bonds. The zero-order valence-electron chi connectivity index (χ0n) is 19.3. The van der Waals surface area contributed by atoms with Crippen LogP contribution in [-0.4, -0.2) is 35.9 Å². The molecule has 0 spiro atoms. The van der Waals surface area contributed by atoms with Gasteiger partial charge in [0.1, 0.15) is 11.8 Å². The van der Waals surface area contributed by atoms with Gasteiger partial charge in [-0.3, -0.25) is 9.59 Å². The summed E-state index contributed by atoms with van der Waals surface area (Å²) in [5.74, 6) is 0.570. The first-order valence-corrected chi connectivity index (χ1v) is 11.1. The Morgan fingerprint density at radius 1 is 0.938 bits per heavy atom. The number of carbonyl (C=O) groups is 2. The molecule has 0 unspecified atom stereocenters. The Morgan fingerprint density at radius 2 is 1.62 bits per heavy atom. The van der Waals surface area contributed by atoms with E-state index in [4.69, 9.17) is 4.74 Å². The molecule has 0 radical (unpaired) electrons. The van der Waals surface area contributed by atoms with Crippen molar-refractivity contribution >= 4 is 22.6 Å². The summed E-state index contributed by atoms with van der Waals surface area (Å²) in [6, 6.07) is 21.4. The number of methoxy groups -OCH3 is 1. The number of nitrogens with zero attached hydrogens (tertiary/aromatic N) is 1. The summed E-state index contributed by atoms with van der Waals surface area (Å²) in [5.41, 5.74) is 2.09. The van der Waals surface area contributed by atoms with Gasteiger partial charge in [-0.25, -0.2) is 0 Å². The van der Waals surface area contributed by atoms with Gasteiger partial charge in [-0.1, -0.05) is 54.6 Å². The fraction of sp³-hybridized carbons (Fsp3) is 0.333. The van der Waals surface area contributed by atoms with Gasteiger partial charge in [-0.2, -0.15) is 0 Å². The molecule has 0 saturated carbocycles. The first-order valence-electron chi connectivity index (χ1n) is 11.1. The highest BCUT2D eigenvalue weighted by atomic mass is 16.5. The van der Waals surface area contributed by atoms with Crippen LogP contribution in [0.15, 0.2) is 66.7 Å². The fourth-order valence-corrected chi connectivity index (χ4v) is 3.81. The highest BCUT2D eigenvalue weighted by molar-refractivity contribution is 5.89. The van der Waals surface area contributed by atoms with Crippen LogP contribution in [0.4, 0.5) is 0 Å². The van der Waals surface area contributed by atoms with Crippen LogP contribution in [0, 0.1) is 0 Å². The molecule has 32 heavy (non-hydrogen) atoms. The van der Waals surface area contributed by atoms with E-state index in [-0.39, 0.29) is 17.9 Å². The largest absolute Gasteiger partial charge is 0.497 e. The summed E-state index contributed by atoms with van der Waals surface area (Å²) in [6.07, 6.45) is 0.960. The number of nitrogens with one attached hydrogen (secondary N) is 1. The summed E-state index contributed by atoms with van der Waals surface area (Å²) >= 11 is 0. The smallest absolute Gasteiger partial charge is 0.242 e. The second kappa shape index (κ2) is 10.8. The van der Waals surface area contributed by atoms with Gasteiger partial charge in [0.25, 0.3) is 0 Å². The number of hydrogen-bond acceptors (Lipinski definition) is 3. The molecule has 5 nitrogen and oxygen atoms in total. The van der Waals surface area contributed by atoms with Crippen molar-refractivity contribution in [3.05, 3.63) is 77.9 Å². The zero-order valence-corrected chi connectivity index (χ0v) is 19.3. The molecule has 3 rings (SSSR count). The highest BCUT2D eigenvalue weighted by Gasteiger charge is 2.26. The van der Waals surface area contributed by atoms with Gasteiger partial charge >= 0.3 is 0 Å². The number of benzene rings is 3. The maximum Gasteiger partial charge on any atom is 0.242 e. The number of amides is 2. The van der Waals surface area contributed by atoms with Crippen molar-refractivity contribution in [3.8, 4) is 5.75 Å². The number of fused-ring (bicyclic) bond motifs is 1. The molecule has 0 aliphatic heterocycles. The molecule has 0 fully saturated rings. The van der Waals surface area contributed by atoms with E-state index in [9.17, 15) is 9.59 Å². The lowest BCUT2D eigenvalue weighted by molar-refractivity contribution is -0.140. The lowest BCUT2D eigenvalue weighted by Gasteiger charge is -2.29. The van der Waals surface area contributed by atoms with Crippen LogP contribution >= 0.6 is 0 Å². The van der Waals surface area contributed by atoms with Crippen molar-refractivity contribution in [2.75, 3.05) is 7.11 Å². The maximum atomic E-state index is 13.3. The molecular weight excluding hydrogens is 400 g/mol. The average Bonchev–Trinajstić information content (AvgIpc) is 2.80. The topological polar surface area (TPSA) is 58.6 Å². The van der Waals surface area contributed by atoms with Gasteiger partial charge in [0.2, 0.25) is 11.8 Å². The third-order valence-electron chi connectivity index (χ3n) is 5.60. The normalized spacial score (nSPS) is 11.9. The Kier molecular flexibility index (Phi) is 7.87. The standard InChI is InChI=1S/C27H32N2O3/c1-19(2)28-27(31)20(3)29(18-21-12-15-24(32-4)16-13-21)26(30)17-14-23-10-7-9-22-8-5-6-11-25(22)23/h5-13,15-16,19-20H,14,17-18H2,1-4H3,(H,28,31)/t20-/m1/s1. The minimum Gasteiger partial charge on any atom is -0.497 e. The molecule has 1 N–H and O–H groups in total. The Bertz CT molecular complexity index is 1050. The molecule has 0 saturated heterocycles. The van der Waals surface area contributed by atoms with E-state index in [1.54, 1.807) is 18.9 Å². The third-order valence-corrected chi connectivity index (χ3v) is 5.60. The predicted octanol–water partition coefficient (Wildman–Crippen LogP) is 4.72. The van der Waals surface area contributed by atoms with Gasteiger partial charge in [0.15, 0.2) is 0 Å². The van der Waals surface area contributed by atoms with Gasteiger partial charge in [-0.15, -0.1) is 0 Å². The fourth-order valence-electron chi connectivity index (χ4n) is 3.81. The predicted molar refractivity (Wildman–Crippen MR) is 129 cm³/mol. The van der Waals surface area contributed by atoms with E-state index in [2.05, 4.69) is 29.6 Å². The van der Waals surface area contributed by atoms with Crippen LogP contribution in [0.1, 0.15) is 38.3 Å². The Labute approximate surface area is 190 Å². The van der Waals surface area contributed by atoms with Crippen molar-refractivity contribution in [2.45, 2.75) is 52.2 Å². The van der Waals surface area contributed by atoms with Crippen LogP contribution in [0.25, 0.3) is 10.8 Å². The molecule has 0 aromatic heterocycles. The number of carbonyl (C=O) groups excluding carboxylic acids is 2. The van der Waals surface area contributed by atoms with E-state index in [0.717, 1.165) is 27.6 Å². The van der Waals surface area contributed by atoms with E-state index in [1.807, 2.05) is 56.3 Å². The lowest BCUT2D eigenvalue weighted by atomic mass is 10.0. The second-order valence-electron chi connectivity index (χ2n) is 8.35. The van der Waals surface area contributed by atoms with Gasteiger partial charge in [-0.05, 0) is 61.2 Å². The summed E-state index contributed by atoms with van der Waals surface area (Å²) in [5, 5.41) is 5.25. The molecule has 0 bridgehead atoms. The first kappa shape index (κ1) is 23.3. The van der Waals surface area contributed by atoms with Crippen molar-refractivity contribution < 1.29 is 14.3 Å².